The maximum absolute atomic E-state index is 9.11. The van der Waals surface area contributed by atoms with E-state index in [1.54, 1.807) is 0 Å². The van der Waals surface area contributed by atoms with Crippen molar-refractivity contribution >= 4 is 5.52 Å². The van der Waals surface area contributed by atoms with Gasteiger partial charge < -0.3 is 4.40 Å². The Kier molecular flexibility index (Phi) is 2.99. The normalized spacial score (nSPS) is 10.5. The fraction of sp³-hybridized carbons (Fsp3) is 0.125. The second-order valence-corrected chi connectivity index (χ2v) is 4.43. The molecule has 0 atom stereocenters. The molecule has 0 unspecified atom stereocenters. The van der Waals surface area contributed by atoms with Crippen molar-refractivity contribution in [2.75, 3.05) is 0 Å². The van der Waals surface area contributed by atoms with Gasteiger partial charge in [-0.1, -0.05) is 36.4 Å². The number of nitrogens with zero attached hydrogens (tertiary/aromatic N) is 3. The van der Waals surface area contributed by atoms with Gasteiger partial charge in [-0.3, -0.25) is 0 Å². The van der Waals surface area contributed by atoms with E-state index in [0.717, 1.165) is 24.2 Å². The predicted octanol–water partition coefficient (Wildman–Crippen LogP) is 2.99. The molecule has 2 heterocycles. The molecule has 0 amide bonds. The highest BCUT2D eigenvalue weighted by molar-refractivity contribution is 5.58. The number of nitriles is 1. The van der Waals surface area contributed by atoms with E-state index in [4.69, 9.17) is 5.26 Å². The Morgan fingerprint density at radius 3 is 2.58 bits per heavy atom. The molecule has 0 aliphatic rings. The molecule has 0 saturated heterocycles. The van der Waals surface area contributed by atoms with Crippen LogP contribution in [0.25, 0.3) is 5.52 Å². The van der Waals surface area contributed by atoms with Gasteiger partial charge in [-0.25, -0.2) is 4.98 Å². The second-order valence-electron chi connectivity index (χ2n) is 4.43. The first-order valence-electron chi connectivity index (χ1n) is 6.28. The Labute approximate surface area is 111 Å². The third kappa shape index (κ3) is 2.21. The predicted molar refractivity (Wildman–Crippen MR) is 73.8 cm³/mol. The number of benzene rings is 1. The monoisotopic (exact) mass is 247 g/mol. The summed E-state index contributed by atoms with van der Waals surface area (Å²) in [5.74, 6) is 0.941. The van der Waals surface area contributed by atoms with E-state index >= 15 is 0 Å². The van der Waals surface area contributed by atoms with Crippen molar-refractivity contribution in [1.29, 1.82) is 5.26 Å². The van der Waals surface area contributed by atoms with E-state index < -0.39 is 0 Å². The molecule has 3 heteroatoms. The molecule has 0 bridgehead atoms. The van der Waals surface area contributed by atoms with Crippen molar-refractivity contribution in [3.05, 3.63) is 71.8 Å². The zero-order valence-electron chi connectivity index (χ0n) is 10.5. The lowest BCUT2D eigenvalue weighted by atomic mass is 10.1. The summed E-state index contributed by atoms with van der Waals surface area (Å²) in [6.45, 7) is 0. The van der Waals surface area contributed by atoms with Gasteiger partial charge in [0.1, 0.15) is 11.9 Å². The minimum atomic E-state index is 0.503. The standard InChI is InChI=1S/C16H13N3/c17-12-14-15-8-4-5-11-19(15)16(18-14)10-9-13-6-2-1-3-7-13/h1-8,11H,9-10H2. The van der Waals surface area contributed by atoms with Crippen LogP contribution in [0.4, 0.5) is 0 Å². The highest BCUT2D eigenvalue weighted by Crippen LogP contribution is 2.14. The van der Waals surface area contributed by atoms with E-state index in [0.29, 0.717) is 5.69 Å². The van der Waals surface area contributed by atoms with Crippen LogP contribution >= 0.6 is 0 Å². The third-order valence-electron chi connectivity index (χ3n) is 3.21. The molecular weight excluding hydrogens is 234 g/mol. The summed E-state index contributed by atoms with van der Waals surface area (Å²) < 4.78 is 2.00. The Balaban J connectivity index is 1.92. The van der Waals surface area contributed by atoms with E-state index in [1.807, 2.05) is 47.0 Å². The van der Waals surface area contributed by atoms with E-state index in [-0.39, 0.29) is 0 Å². The molecule has 1 aromatic carbocycles. The van der Waals surface area contributed by atoms with Gasteiger partial charge >= 0.3 is 0 Å². The summed E-state index contributed by atoms with van der Waals surface area (Å²) in [7, 11) is 0. The van der Waals surface area contributed by atoms with Crippen LogP contribution in [-0.4, -0.2) is 9.38 Å². The number of imidazole rings is 1. The number of aryl methyl sites for hydroxylation is 2. The van der Waals surface area contributed by atoms with Gasteiger partial charge in [0.25, 0.3) is 0 Å². The van der Waals surface area contributed by atoms with Crippen molar-refractivity contribution in [3.63, 3.8) is 0 Å². The zero-order chi connectivity index (χ0) is 13.1. The molecule has 0 saturated carbocycles. The van der Waals surface area contributed by atoms with Gasteiger partial charge in [-0.2, -0.15) is 5.26 Å². The maximum Gasteiger partial charge on any atom is 0.166 e. The van der Waals surface area contributed by atoms with Gasteiger partial charge in [0.05, 0.1) is 5.52 Å². The third-order valence-corrected chi connectivity index (χ3v) is 3.21. The van der Waals surface area contributed by atoms with Crippen LogP contribution in [-0.2, 0) is 12.8 Å². The molecule has 2 aromatic heterocycles. The Morgan fingerprint density at radius 1 is 1.00 bits per heavy atom. The molecule has 0 aliphatic carbocycles. The summed E-state index contributed by atoms with van der Waals surface area (Å²) in [4.78, 5) is 4.42. The summed E-state index contributed by atoms with van der Waals surface area (Å²) in [6, 6.07) is 18.3. The molecule has 0 fully saturated rings. The number of aromatic nitrogens is 2. The zero-order valence-corrected chi connectivity index (χ0v) is 10.5. The van der Waals surface area contributed by atoms with Crippen LogP contribution in [0.15, 0.2) is 54.7 Å². The number of pyridine rings is 1. The molecule has 0 spiro atoms. The first-order chi connectivity index (χ1) is 9.38. The smallest absolute Gasteiger partial charge is 0.166 e. The molecule has 3 rings (SSSR count). The Hall–Kier alpha value is -2.60. The molecule has 0 aliphatic heterocycles. The Bertz CT molecular complexity index is 736. The molecule has 3 aromatic rings. The van der Waals surface area contributed by atoms with E-state index in [9.17, 15) is 0 Å². The lowest BCUT2D eigenvalue weighted by Gasteiger charge is -2.01. The summed E-state index contributed by atoms with van der Waals surface area (Å²) >= 11 is 0. The van der Waals surface area contributed by atoms with Gasteiger partial charge in [0.15, 0.2) is 5.69 Å². The average Bonchev–Trinajstić information content (AvgIpc) is 2.84. The number of hydrogen-bond acceptors (Lipinski definition) is 2. The molecule has 19 heavy (non-hydrogen) atoms. The quantitative estimate of drug-likeness (QED) is 0.714. The average molecular weight is 247 g/mol. The lowest BCUT2D eigenvalue weighted by molar-refractivity contribution is 0.852. The number of rotatable bonds is 3. The van der Waals surface area contributed by atoms with Crippen LogP contribution < -0.4 is 0 Å². The Morgan fingerprint density at radius 2 is 1.79 bits per heavy atom. The number of hydrogen-bond donors (Lipinski definition) is 0. The van der Waals surface area contributed by atoms with Gasteiger partial charge in [-0.15, -0.1) is 0 Å². The molecule has 0 N–H and O–H groups in total. The van der Waals surface area contributed by atoms with Crippen LogP contribution in [0.1, 0.15) is 17.1 Å². The minimum absolute atomic E-state index is 0.503. The first kappa shape index (κ1) is 11.5. The van der Waals surface area contributed by atoms with Crippen LogP contribution in [0, 0.1) is 11.3 Å². The summed E-state index contributed by atoms with van der Waals surface area (Å²) in [6.07, 6.45) is 3.72. The molecule has 3 nitrogen and oxygen atoms in total. The lowest BCUT2D eigenvalue weighted by Crippen LogP contribution is -1.97. The van der Waals surface area contributed by atoms with Crippen molar-refractivity contribution < 1.29 is 0 Å². The second kappa shape index (κ2) is 4.95. The maximum atomic E-state index is 9.11. The summed E-state index contributed by atoms with van der Waals surface area (Å²) in [5, 5.41) is 9.11. The topological polar surface area (TPSA) is 41.1 Å². The fourth-order valence-corrected chi connectivity index (χ4v) is 2.26. The molecule has 92 valence electrons. The summed E-state index contributed by atoms with van der Waals surface area (Å²) in [5.41, 5.74) is 2.67. The van der Waals surface area contributed by atoms with Gasteiger partial charge in [0, 0.05) is 12.6 Å². The van der Waals surface area contributed by atoms with Crippen molar-refractivity contribution in [2.24, 2.45) is 0 Å². The van der Waals surface area contributed by atoms with Crippen LogP contribution in [0.2, 0.25) is 0 Å². The van der Waals surface area contributed by atoms with Crippen molar-refractivity contribution in [3.8, 4) is 6.07 Å². The SMILES string of the molecule is N#Cc1nc(CCc2ccccc2)n2ccccc12. The van der Waals surface area contributed by atoms with Crippen LogP contribution in [0.3, 0.4) is 0 Å². The van der Waals surface area contributed by atoms with E-state index in [2.05, 4.69) is 23.2 Å². The first-order valence-corrected chi connectivity index (χ1v) is 6.28. The molecule has 0 radical (unpaired) electrons. The van der Waals surface area contributed by atoms with Gasteiger partial charge in [0.2, 0.25) is 0 Å². The highest BCUT2D eigenvalue weighted by atomic mass is 15.0. The van der Waals surface area contributed by atoms with Crippen LogP contribution in [0.5, 0.6) is 0 Å². The largest absolute Gasteiger partial charge is 0.302 e. The number of fused-ring (bicyclic) bond motifs is 1. The highest BCUT2D eigenvalue weighted by Gasteiger charge is 2.09. The van der Waals surface area contributed by atoms with Gasteiger partial charge in [-0.05, 0) is 24.1 Å². The van der Waals surface area contributed by atoms with Crippen molar-refractivity contribution in [2.45, 2.75) is 12.8 Å². The van der Waals surface area contributed by atoms with Crippen molar-refractivity contribution in [1.82, 2.24) is 9.38 Å². The minimum Gasteiger partial charge on any atom is -0.302 e. The molecular formula is C16H13N3. The fourth-order valence-electron chi connectivity index (χ4n) is 2.26. The van der Waals surface area contributed by atoms with E-state index in [1.165, 1.54) is 5.56 Å².